The zero-order valence-corrected chi connectivity index (χ0v) is 11.3. The molecule has 0 unspecified atom stereocenters. The van der Waals surface area contributed by atoms with Gasteiger partial charge in [0, 0.05) is 10.6 Å². The molecule has 2 aromatic carbocycles. The first kappa shape index (κ1) is 15.2. The van der Waals surface area contributed by atoms with Crippen LogP contribution < -0.4 is 4.72 Å². The lowest BCUT2D eigenvalue weighted by molar-refractivity contribution is -0.139. The molecule has 21 heavy (non-hydrogen) atoms. The minimum absolute atomic E-state index is 0.0192. The van der Waals surface area contributed by atoms with E-state index in [1.165, 1.54) is 36.4 Å². The molecule has 0 aliphatic heterocycles. The number of halogens is 3. The molecule has 2 aromatic rings. The highest BCUT2D eigenvalue weighted by Crippen LogP contribution is 2.36. The number of carbonyl (C=O) groups is 1. The molecule has 2 N–H and O–H groups in total. The highest BCUT2D eigenvalue weighted by atomic mass is 32.2. The molecular weight excluding hydrogens is 303 g/mol. The maximum Gasteiger partial charge on any atom is 0.417 e. The van der Waals surface area contributed by atoms with Gasteiger partial charge < -0.3 is 9.83 Å². The Balaban J connectivity index is 2.17. The summed E-state index contributed by atoms with van der Waals surface area (Å²) in [7, 11) is 0. The average molecular weight is 313 g/mol. The van der Waals surface area contributed by atoms with Crippen molar-refractivity contribution in [3.8, 4) is 0 Å². The SMILES string of the molecule is O=C(O)c1cccc(NSc2ccccc2C(F)(F)F)c1. The van der Waals surface area contributed by atoms with Gasteiger partial charge in [-0.05, 0) is 42.3 Å². The van der Waals surface area contributed by atoms with Crippen LogP contribution in [-0.4, -0.2) is 11.1 Å². The Kier molecular flexibility index (Phi) is 4.42. The van der Waals surface area contributed by atoms with Gasteiger partial charge in [0.15, 0.2) is 0 Å². The summed E-state index contributed by atoms with van der Waals surface area (Å²) in [6.45, 7) is 0. The van der Waals surface area contributed by atoms with Crippen LogP contribution in [0.1, 0.15) is 15.9 Å². The van der Waals surface area contributed by atoms with Crippen LogP contribution in [-0.2, 0) is 6.18 Å². The van der Waals surface area contributed by atoms with Crippen LogP contribution >= 0.6 is 11.9 Å². The summed E-state index contributed by atoms with van der Waals surface area (Å²) in [5.41, 5.74) is -0.265. The Morgan fingerprint density at radius 2 is 1.81 bits per heavy atom. The van der Waals surface area contributed by atoms with E-state index in [0.29, 0.717) is 5.69 Å². The third kappa shape index (κ3) is 3.91. The lowest BCUT2D eigenvalue weighted by Crippen LogP contribution is -2.07. The smallest absolute Gasteiger partial charge is 0.417 e. The van der Waals surface area contributed by atoms with E-state index in [2.05, 4.69) is 4.72 Å². The van der Waals surface area contributed by atoms with Gasteiger partial charge >= 0.3 is 12.1 Å². The number of benzene rings is 2. The highest BCUT2D eigenvalue weighted by Gasteiger charge is 2.33. The quantitative estimate of drug-likeness (QED) is 0.815. The number of carboxylic acids is 1. The summed E-state index contributed by atoms with van der Waals surface area (Å²) in [6, 6.07) is 11.0. The van der Waals surface area contributed by atoms with Crippen molar-refractivity contribution in [3.05, 3.63) is 59.7 Å². The molecule has 0 fully saturated rings. The van der Waals surface area contributed by atoms with Crippen LogP contribution in [0.15, 0.2) is 53.4 Å². The highest BCUT2D eigenvalue weighted by molar-refractivity contribution is 8.00. The van der Waals surface area contributed by atoms with E-state index in [-0.39, 0.29) is 10.5 Å². The second kappa shape index (κ2) is 6.09. The van der Waals surface area contributed by atoms with E-state index in [0.717, 1.165) is 18.0 Å². The third-order valence-electron chi connectivity index (χ3n) is 2.58. The van der Waals surface area contributed by atoms with Gasteiger partial charge in [0.1, 0.15) is 0 Å². The summed E-state index contributed by atoms with van der Waals surface area (Å²) in [4.78, 5) is 10.8. The maximum absolute atomic E-state index is 12.8. The molecule has 0 aliphatic rings. The van der Waals surface area contributed by atoms with Crippen LogP contribution in [0.2, 0.25) is 0 Å². The van der Waals surface area contributed by atoms with Crippen LogP contribution in [0.4, 0.5) is 18.9 Å². The van der Waals surface area contributed by atoms with Crippen LogP contribution in [0.5, 0.6) is 0 Å². The second-order valence-electron chi connectivity index (χ2n) is 4.08. The molecule has 0 spiro atoms. The topological polar surface area (TPSA) is 49.3 Å². The molecular formula is C14H10F3NO2S. The number of nitrogens with one attached hydrogen (secondary N) is 1. The second-order valence-corrected chi connectivity index (χ2v) is 4.93. The van der Waals surface area contributed by atoms with E-state index < -0.39 is 17.7 Å². The van der Waals surface area contributed by atoms with E-state index in [1.807, 2.05) is 0 Å². The van der Waals surface area contributed by atoms with Crippen molar-refractivity contribution < 1.29 is 23.1 Å². The number of anilines is 1. The van der Waals surface area contributed by atoms with Gasteiger partial charge in [0.05, 0.1) is 11.1 Å². The fourth-order valence-electron chi connectivity index (χ4n) is 1.62. The molecule has 0 atom stereocenters. The molecule has 2 rings (SSSR count). The van der Waals surface area contributed by atoms with Crippen molar-refractivity contribution >= 4 is 23.6 Å². The number of carboxylic acid groups (broad SMARTS) is 1. The van der Waals surface area contributed by atoms with E-state index >= 15 is 0 Å². The first-order chi connectivity index (χ1) is 9.88. The van der Waals surface area contributed by atoms with Crippen molar-refractivity contribution in [3.63, 3.8) is 0 Å². The first-order valence-corrected chi connectivity index (χ1v) is 6.62. The Hall–Kier alpha value is -2.15. The van der Waals surface area contributed by atoms with Crippen LogP contribution in [0.25, 0.3) is 0 Å². The van der Waals surface area contributed by atoms with Crippen molar-refractivity contribution in [1.82, 2.24) is 0 Å². The Morgan fingerprint density at radius 1 is 1.10 bits per heavy atom. The molecule has 110 valence electrons. The Morgan fingerprint density at radius 3 is 2.48 bits per heavy atom. The maximum atomic E-state index is 12.8. The fourth-order valence-corrected chi connectivity index (χ4v) is 2.41. The first-order valence-electron chi connectivity index (χ1n) is 5.80. The average Bonchev–Trinajstić information content (AvgIpc) is 2.45. The molecule has 7 heteroatoms. The van der Waals surface area contributed by atoms with Gasteiger partial charge in [-0.15, -0.1) is 0 Å². The predicted octanol–water partition coefficient (Wildman–Crippen LogP) is 4.52. The molecule has 0 bridgehead atoms. The summed E-state index contributed by atoms with van der Waals surface area (Å²) in [5.74, 6) is -1.10. The number of hydrogen-bond donors (Lipinski definition) is 2. The normalized spacial score (nSPS) is 11.2. The molecule has 0 amide bonds. The summed E-state index contributed by atoms with van der Waals surface area (Å²) in [6.07, 6.45) is -4.44. The number of alkyl halides is 3. The van der Waals surface area contributed by atoms with Crippen molar-refractivity contribution in [1.29, 1.82) is 0 Å². The zero-order valence-electron chi connectivity index (χ0n) is 10.5. The van der Waals surface area contributed by atoms with Crippen molar-refractivity contribution in [2.75, 3.05) is 4.72 Å². The van der Waals surface area contributed by atoms with Gasteiger partial charge in [0.2, 0.25) is 0 Å². The third-order valence-corrected chi connectivity index (χ3v) is 3.49. The number of rotatable bonds is 4. The van der Waals surface area contributed by atoms with Crippen LogP contribution in [0.3, 0.4) is 0 Å². The van der Waals surface area contributed by atoms with Gasteiger partial charge in [-0.25, -0.2) is 4.79 Å². The Labute approximate surface area is 122 Å². The standard InChI is InChI=1S/C14H10F3NO2S/c15-14(16,17)11-6-1-2-7-12(11)21-18-10-5-3-4-9(8-10)13(19)20/h1-8,18H,(H,19,20). The number of hydrogen-bond acceptors (Lipinski definition) is 3. The van der Waals surface area contributed by atoms with Crippen molar-refractivity contribution in [2.45, 2.75) is 11.1 Å². The van der Waals surface area contributed by atoms with E-state index in [1.54, 1.807) is 6.07 Å². The van der Waals surface area contributed by atoms with E-state index in [9.17, 15) is 18.0 Å². The zero-order chi connectivity index (χ0) is 15.5. The largest absolute Gasteiger partial charge is 0.478 e. The fraction of sp³-hybridized carbons (Fsp3) is 0.0714. The Bertz CT molecular complexity index is 659. The minimum atomic E-state index is -4.44. The lowest BCUT2D eigenvalue weighted by Gasteiger charge is -2.13. The van der Waals surface area contributed by atoms with Gasteiger partial charge in [-0.2, -0.15) is 13.2 Å². The molecule has 3 nitrogen and oxygen atoms in total. The summed E-state index contributed by atoms with van der Waals surface area (Å²) >= 11 is 0.785. The molecule has 0 heterocycles. The van der Waals surface area contributed by atoms with Gasteiger partial charge in [0.25, 0.3) is 0 Å². The predicted molar refractivity (Wildman–Crippen MR) is 74.3 cm³/mol. The van der Waals surface area contributed by atoms with Gasteiger partial charge in [-0.3, -0.25) is 0 Å². The number of aromatic carboxylic acids is 1. The van der Waals surface area contributed by atoms with Crippen molar-refractivity contribution in [2.24, 2.45) is 0 Å². The minimum Gasteiger partial charge on any atom is -0.478 e. The molecule has 0 saturated heterocycles. The van der Waals surface area contributed by atoms with Gasteiger partial charge in [-0.1, -0.05) is 18.2 Å². The molecule has 0 aliphatic carbocycles. The van der Waals surface area contributed by atoms with Crippen LogP contribution in [0, 0.1) is 0 Å². The summed E-state index contributed by atoms with van der Waals surface area (Å²) < 4.78 is 41.2. The molecule has 0 saturated carbocycles. The monoisotopic (exact) mass is 313 g/mol. The molecule has 0 aromatic heterocycles. The lowest BCUT2D eigenvalue weighted by atomic mass is 10.2. The summed E-state index contributed by atoms with van der Waals surface area (Å²) in [5, 5.41) is 8.86. The van der Waals surface area contributed by atoms with E-state index in [4.69, 9.17) is 5.11 Å². The molecule has 0 radical (unpaired) electrons.